The van der Waals surface area contributed by atoms with Crippen LogP contribution in [-0.2, 0) is 4.79 Å². The second kappa shape index (κ2) is 5.82. The van der Waals surface area contributed by atoms with Crippen LogP contribution in [0.25, 0.3) is 0 Å². The molecule has 0 bridgehead atoms. The van der Waals surface area contributed by atoms with Crippen molar-refractivity contribution in [3.05, 3.63) is 29.3 Å². The Balaban J connectivity index is 0.00000144. The van der Waals surface area contributed by atoms with Crippen LogP contribution in [-0.4, -0.2) is 18.9 Å². The lowest BCUT2D eigenvalue weighted by Crippen LogP contribution is -2.40. The van der Waals surface area contributed by atoms with Crippen molar-refractivity contribution in [1.29, 1.82) is 0 Å². The molecule has 2 rings (SSSR count). The minimum absolute atomic E-state index is 0. The maximum atomic E-state index is 11.1. The molecule has 17 heavy (non-hydrogen) atoms. The number of hydrogen-bond acceptors (Lipinski definition) is 3. The second-order valence-electron chi connectivity index (χ2n) is 4.74. The summed E-state index contributed by atoms with van der Waals surface area (Å²) in [6, 6.07) is 6.60. The first-order chi connectivity index (χ1) is 7.70. The van der Waals surface area contributed by atoms with Crippen molar-refractivity contribution in [3.63, 3.8) is 0 Å². The molecule has 0 spiro atoms. The Labute approximate surface area is 103 Å². The van der Waals surface area contributed by atoms with Gasteiger partial charge in [0.2, 0.25) is 0 Å². The van der Waals surface area contributed by atoms with Crippen LogP contribution in [0.3, 0.4) is 0 Å². The number of anilines is 1. The molecule has 0 aliphatic carbocycles. The Kier molecular flexibility index (Phi) is 4.70. The number of carbonyl (C=O) groups is 1. The lowest BCUT2D eigenvalue weighted by molar-refractivity contribution is -0.109. The quantitative estimate of drug-likeness (QED) is 0.800. The van der Waals surface area contributed by atoms with Crippen molar-refractivity contribution in [3.8, 4) is 0 Å². The van der Waals surface area contributed by atoms with E-state index >= 15 is 0 Å². The highest BCUT2D eigenvalue weighted by molar-refractivity contribution is 5.67. The zero-order valence-electron chi connectivity index (χ0n) is 10.8. The average molecular weight is 234 g/mol. The fourth-order valence-electron chi connectivity index (χ4n) is 2.54. The summed E-state index contributed by atoms with van der Waals surface area (Å²) in [7, 11) is 0. The van der Waals surface area contributed by atoms with Gasteiger partial charge < -0.3 is 15.8 Å². The van der Waals surface area contributed by atoms with E-state index in [2.05, 4.69) is 36.9 Å². The summed E-state index contributed by atoms with van der Waals surface area (Å²) in [6.07, 6.45) is 4.45. The average Bonchev–Trinajstić information content (AvgIpc) is 2.27. The van der Waals surface area contributed by atoms with Crippen LogP contribution in [0.2, 0.25) is 0 Å². The number of benzene rings is 1. The molecule has 3 N–H and O–H groups in total. The number of nitrogens with zero attached hydrogens (tertiary/aromatic N) is 1. The summed E-state index contributed by atoms with van der Waals surface area (Å²) >= 11 is 0. The number of rotatable bonds is 2. The van der Waals surface area contributed by atoms with E-state index in [0.717, 1.165) is 19.3 Å². The molecule has 94 valence electrons. The third kappa shape index (κ3) is 3.07. The molecule has 0 saturated carbocycles. The van der Waals surface area contributed by atoms with Gasteiger partial charge >= 0.3 is 0 Å². The maximum absolute atomic E-state index is 11.1. The fraction of sp³-hybridized carbons (Fsp3) is 0.500. The molecule has 1 aromatic carbocycles. The predicted octanol–water partition coefficient (Wildman–Crippen LogP) is 3.02. The van der Waals surface area contributed by atoms with Gasteiger partial charge in [-0.15, -0.1) is 0 Å². The first-order valence-corrected chi connectivity index (χ1v) is 6.01. The van der Waals surface area contributed by atoms with E-state index < -0.39 is 0 Å². The third-order valence-electron chi connectivity index (χ3n) is 3.24. The molecule has 1 saturated heterocycles. The number of piperidine rings is 1. The molecular weight excluding hydrogens is 212 g/mol. The van der Waals surface area contributed by atoms with Crippen LogP contribution in [0.5, 0.6) is 0 Å². The molecule has 1 fully saturated rings. The Morgan fingerprint density at radius 3 is 2.41 bits per heavy atom. The maximum Gasteiger partial charge on any atom is 0.142 e. The normalized spacial score (nSPS) is 19.6. The lowest BCUT2D eigenvalue weighted by Gasteiger charge is -2.34. The van der Waals surface area contributed by atoms with Gasteiger partial charge in [-0.2, -0.15) is 0 Å². The zero-order chi connectivity index (χ0) is 11.5. The largest absolute Gasteiger partial charge is 0.362 e. The van der Waals surface area contributed by atoms with Gasteiger partial charge in [0.1, 0.15) is 6.29 Å². The monoisotopic (exact) mass is 234 g/mol. The summed E-state index contributed by atoms with van der Waals surface area (Å²) in [5, 5.41) is 0. The SMILES string of the molecule is Cc1cc(C)cc(N2CCCCC2C=O)c1.N. The van der Waals surface area contributed by atoms with Crippen LogP contribution in [0.1, 0.15) is 30.4 Å². The minimum Gasteiger partial charge on any atom is -0.362 e. The topological polar surface area (TPSA) is 55.3 Å². The Morgan fingerprint density at radius 1 is 1.18 bits per heavy atom. The van der Waals surface area contributed by atoms with E-state index in [0.29, 0.717) is 0 Å². The van der Waals surface area contributed by atoms with Crippen molar-refractivity contribution >= 4 is 12.0 Å². The van der Waals surface area contributed by atoms with Gasteiger partial charge in [-0.25, -0.2) is 0 Å². The molecule has 1 atom stereocenters. The molecule has 0 radical (unpaired) electrons. The highest BCUT2D eigenvalue weighted by atomic mass is 16.1. The first-order valence-electron chi connectivity index (χ1n) is 6.01. The number of hydrogen-bond donors (Lipinski definition) is 1. The molecule has 3 nitrogen and oxygen atoms in total. The van der Waals surface area contributed by atoms with Gasteiger partial charge in [-0.1, -0.05) is 6.07 Å². The molecule has 0 aromatic heterocycles. The molecule has 1 aliphatic rings. The standard InChI is InChI=1S/C14H19NO.H3N/c1-11-7-12(2)9-14(8-11)15-6-4-3-5-13(15)10-16;/h7-10,13H,3-6H2,1-2H3;1H3. The number of aryl methyl sites for hydroxylation is 2. The summed E-state index contributed by atoms with van der Waals surface area (Å²) in [4.78, 5) is 13.3. The highest BCUT2D eigenvalue weighted by Gasteiger charge is 2.22. The van der Waals surface area contributed by atoms with Crippen molar-refractivity contribution in [2.45, 2.75) is 39.2 Å². The van der Waals surface area contributed by atoms with Crippen molar-refractivity contribution < 1.29 is 4.79 Å². The van der Waals surface area contributed by atoms with E-state index in [-0.39, 0.29) is 12.2 Å². The van der Waals surface area contributed by atoms with Crippen LogP contribution < -0.4 is 11.1 Å². The molecule has 1 heterocycles. The van der Waals surface area contributed by atoms with E-state index in [1.165, 1.54) is 29.7 Å². The van der Waals surface area contributed by atoms with Crippen LogP contribution in [0, 0.1) is 13.8 Å². The van der Waals surface area contributed by atoms with Gasteiger partial charge in [-0.3, -0.25) is 0 Å². The molecule has 3 heteroatoms. The number of carbonyl (C=O) groups excluding carboxylic acids is 1. The first kappa shape index (κ1) is 13.7. The predicted molar refractivity (Wildman–Crippen MR) is 72.0 cm³/mol. The smallest absolute Gasteiger partial charge is 0.142 e. The summed E-state index contributed by atoms with van der Waals surface area (Å²) < 4.78 is 0. The Hall–Kier alpha value is -1.35. The van der Waals surface area contributed by atoms with Crippen LogP contribution in [0.4, 0.5) is 5.69 Å². The van der Waals surface area contributed by atoms with E-state index in [1.54, 1.807) is 0 Å². The van der Waals surface area contributed by atoms with Crippen molar-refractivity contribution in [1.82, 2.24) is 6.15 Å². The lowest BCUT2D eigenvalue weighted by atomic mass is 10.0. The van der Waals surface area contributed by atoms with Gasteiger partial charge in [0.25, 0.3) is 0 Å². The molecule has 1 unspecified atom stereocenters. The Bertz CT molecular complexity index is 370. The summed E-state index contributed by atoms with van der Waals surface area (Å²) in [5.74, 6) is 0. The van der Waals surface area contributed by atoms with E-state index in [9.17, 15) is 4.79 Å². The van der Waals surface area contributed by atoms with Gasteiger partial charge in [0, 0.05) is 12.2 Å². The molecular formula is C14H22N2O. The fourth-order valence-corrected chi connectivity index (χ4v) is 2.54. The minimum atomic E-state index is 0. The van der Waals surface area contributed by atoms with E-state index in [4.69, 9.17) is 0 Å². The summed E-state index contributed by atoms with van der Waals surface area (Å²) in [5.41, 5.74) is 3.74. The zero-order valence-corrected chi connectivity index (χ0v) is 10.8. The second-order valence-corrected chi connectivity index (χ2v) is 4.74. The van der Waals surface area contributed by atoms with Gasteiger partial charge in [-0.05, 0) is 56.4 Å². The molecule has 0 amide bonds. The van der Waals surface area contributed by atoms with Crippen molar-refractivity contribution in [2.75, 3.05) is 11.4 Å². The highest BCUT2D eigenvalue weighted by Crippen LogP contribution is 2.25. The van der Waals surface area contributed by atoms with Gasteiger partial charge in [0.15, 0.2) is 0 Å². The Morgan fingerprint density at radius 2 is 1.82 bits per heavy atom. The van der Waals surface area contributed by atoms with Gasteiger partial charge in [0.05, 0.1) is 6.04 Å². The van der Waals surface area contributed by atoms with E-state index in [1.807, 2.05) is 0 Å². The molecule has 1 aromatic rings. The van der Waals surface area contributed by atoms with Crippen LogP contribution >= 0.6 is 0 Å². The van der Waals surface area contributed by atoms with Crippen LogP contribution in [0.15, 0.2) is 18.2 Å². The summed E-state index contributed by atoms with van der Waals surface area (Å²) in [6.45, 7) is 5.22. The molecule has 1 aliphatic heterocycles. The number of aldehydes is 1. The van der Waals surface area contributed by atoms with Crippen molar-refractivity contribution in [2.24, 2.45) is 0 Å². The third-order valence-corrected chi connectivity index (χ3v) is 3.24.